The molecule has 2 aliphatic rings. The Morgan fingerprint density at radius 3 is 2.50 bits per heavy atom. The summed E-state index contributed by atoms with van der Waals surface area (Å²) in [5.74, 6) is 0.379. The van der Waals surface area contributed by atoms with Gasteiger partial charge in [0.2, 0.25) is 5.91 Å². The summed E-state index contributed by atoms with van der Waals surface area (Å²) in [6, 6.07) is 9.59. The molecule has 8 heteroatoms. The van der Waals surface area contributed by atoms with E-state index in [0.717, 1.165) is 10.2 Å². The van der Waals surface area contributed by atoms with Crippen LogP contribution in [0.4, 0.5) is 19.0 Å². The van der Waals surface area contributed by atoms with Gasteiger partial charge >= 0.3 is 6.18 Å². The molecule has 0 bridgehead atoms. The van der Waals surface area contributed by atoms with Crippen molar-refractivity contribution in [3.8, 4) is 0 Å². The van der Waals surface area contributed by atoms with Crippen molar-refractivity contribution >= 4 is 11.7 Å². The van der Waals surface area contributed by atoms with Crippen LogP contribution in [-0.2, 0) is 4.79 Å². The Hall–Kier alpha value is -2.51. The highest BCUT2D eigenvalue weighted by molar-refractivity contribution is 5.83. The van der Waals surface area contributed by atoms with Gasteiger partial charge in [0.1, 0.15) is 5.82 Å². The zero-order valence-electron chi connectivity index (χ0n) is 17.2. The summed E-state index contributed by atoms with van der Waals surface area (Å²) in [5.41, 5.74) is 1.67. The Morgan fingerprint density at radius 2 is 1.87 bits per heavy atom. The first-order valence-corrected chi connectivity index (χ1v) is 10.5. The van der Waals surface area contributed by atoms with E-state index in [4.69, 9.17) is 0 Å². The van der Waals surface area contributed by atoms with E-state index in [2.05, 4.69) is 10.4 Å². The van der Waals surface area contributed by atoms with Crippen molar-refractivity contribution < 1.29 is 18.0 Å². The molecule has 3 atom stereocenters. The zero-order valence-corrected chi connectivity index (χ0v) is 17.2. The van der Waals surface area contributed by atoms with Crippen LogP contribution < -0.4 is 5.32 Å². The number of hydrogen-bond donors (Lipinski definition) is 1. The van der Waals surface area contributed by atoms with Crippen molar-refractivity contribution in [3.05, 3.63) is 47.7 Å². The van der Waals surface area contributed by atoms with E-state index in [1.165, 1.54) is 0 Å². The fraction of sp³-hybridized carbons (Fsp3) is 0.545. The van der Waals surface area contributed by atoms with Gasteiger partial charge in [0.15, 0.2) is 6.04 Å². The number of rotatable bonds is 3. The van der Waals surface area contributed by atoms with Crippen LogP contribution in [-0.4, -0.2) is 45.9 Å². The molecule has 1 saturated heterocycles. The van der Waals surface area contributed by atoms with Crippen molar-refractivity contribution in [2.75, 3.05) is 18.4 Å². The molecular formula is C22H27F3N4O. The van der Waals surface area contributed by atoms with Gasteiger partial charge in [-0.05, 0) is 38.7 Å². The lowest BCUT2D eigenvalue weighted by atomic mass is 9.92. The van der Waals surface area contributed by atoms with E-state index in [1.807, 2.05) is 42.2 Å². The first kappa shape index (κ1) is 20.8. The maximum atomic E-state index is 13.5. The minimum absolute atomic E-state index is 0.0259. The Bertz CT molecular complexity index is 888. The number of carbonyl (C=O) groups is 1. The highest BCUT2D eigenvalue weighted by Gasteiger charge is 2.45. The summed E-state index contributed by atoms with van der Waals surface area (Å²) in [6.07, 6.45) is -2.94. The minimum Gasteiger partial charge on any atom is -0.368 e. The van der Waals surface area contributed by atoms with Crippen molar-refractivity contribution in [1.29, 1.82) is 0 Å². The van der Waals surface area contributed by atoms with Crippen LogP contribution in [0.25, 0.3) is 0 Å². The molecule has 3 heterocycles. The van der Waals surface area contributed by atoms with Crippen LogP contribution in [0.5, 0.6) is 0 Å². The lowest BCUT2D eigenvalue weighted by molar-refractivity contribution is -0.173. The number of amides is 1. The third-order valence-corrected chi connectivity index (χ3v) is 6.29. The third-order valence-electron chi connectivity index (χ3n) is 6.29. The number of nitrogens with one attached hydrogen (secondary N) is 1. The number of anilines is 1. The predicted molar refractivity (Wildman–Crippen MR) is 108 cm³/mol. The summed E-state index contributed by atoms with van der Waals surface area (Å²) in [4.78, 5) is 14.7. The number of piperidine rings is 1. The first-order valence-electron chi connectivity index (χ1n) is 10.5. The number of aromatic nitrogens is 2. The molecule has 4 rings (SSSR count). The number of fused-ring (bicyclic) bond motifs is 1. The fourth-order valence-corrected chi connectivity index (χ4v) is 4.53. The molecule has 0 aliphatic carbocycles. The number of hydrogen-bond acceptors (Lipinski definition) is 3. The molecule has 1 aromatic carbocycles. The molecule has 1 aromatic heterocycles. The van der Waals surface area contributed by atoms with E-state index in [1.54, 1.807) is 13.0 Å². The van der Waals surface area contributed by atoms with Gasteiger partial charge in [0.05, 0.1) is 11.6 Å². The van der Waals surface area contributed by atoms with Crippen LogP contribution in [0.3, 0.4) is 0 Å². The average Bonchev–Trinajstić information content (AvgIpc) is 3.16. The van der Waals surface area contributed by atoms with Crippen molar-refractivity contribution in [2.45, 2.75) is 63.2 Å². The van der Waals surface area contributed by atoms with Gasteiger partial charge in [-0.25, -0.2) is 4.68 Å². The first-order chi connectivity index (χ1) is 14.2. The van der Waals surface area contributed by atoms with Crippen molar-refractivity contribution in [2.24, 2.45) is 0 Å². The SMILES string of the molecule is CC(C(=O)N1CCC(c2cc3n(n2)[C@@H](C(F)(F)F)C[C@@H](C)N3)CC1)c1ccccc1. The number of halogens is 3. The molecule has 0 spiro atoms. The predicted octanol–water partition coefficient (Wildman–Crippen LogP) is 4.70. The Labute approximate surface area is 174 Å². The average molecular weight is 420 g/mol. The maximum Gasteiger partial charge on any atom is 0.410 e. The number of alkyl halides is 3. The van der Waals surface area contributed by atoms with Gasteiger partial charge in [-0.2, -0.15) is 18.3 Å². The third kappa shape index (κ3) is 4.04. The summed E-state index contributed by atoms with van der Waals surface area (Å²) < 4.78 is 41.5. The van der Waals surface area contributed by atoms with Crippen molar-refractivity contribution in [3.63, 3.8) is 0 Å². The molecule has 162 valence electrons. The molecule has 0 radical (unpaired) electrons. The van der Waals surface area contributed by atoms with E-state index >= 15 is 0 Å². The van der Waals surface area contributed by atoms with Crippen molar-refractivity contribution in [1.82, 2.24) is 14.7 Å². The largest absolute Gasteiger partial charge is 0.410 e. The maximum absolute atomic E-state index is 13.5. The summed E-state index contributed by atoms with van der Waals surface area (Å²) in [5, 5.41) is 7.46. The second-order valence-electron chi connectivity index (χ2n) is 8.47. The standard InChI is InChI=1S/C22H27F3N4O/c1-14-12-19(22(23,24)25)29-20(26-14)13-18(27-29)17-8-10-28(11-9-17)21(30)15(2)16-6-4-3-5-7-16/h3-7,13-15,17,19,26H,8-12H2,1-2H3/t14-,15?,19-/m1/s1. The molecule has 1 fully saturated rings. The van der Waals surface area contributed by atoms with Gasteiger partial charge in [0, 0.05) is 31.1 Å². The van der Waals surface area contributed by atoms with E-state index < -0.39 is 12.2 Å². The molecule has 5 nitrogen and oxygen atoms in total. The van der Waals surface area contributed by atoms with Crippen LogP contribution >= 0.6 is 0 Å². The van der Waals surface area contributed by atoms with Crippen LogP contribution in [0.2, 0.25) is 0 Å². The van der Waals surface area contributed by atoms with Gasteiger partial charge in [-0.3, -0.25) is 4.79 Å². The van der Waals surface area contributed by atoms with Gasteiger partial charge in [-0.15, -0.1) is 0 Å². The minimum atomic E-state index is -4.32. The lowest BCUT2D eigenvalue weighted by Crippen LogP contribution is -2.40. The van der Waals surface area contributed by atoms with Gasteiger partial charge in [-0.1, -0.05) is 30.3 Å². The second-order valence-corrected chi connectivity index (χ2v) is 8.47. The summed E-state index contributed by atoms with van der Waals surface area (Å²) >= 11 is 0. The number of likely N-dealkylation sites (tertiary alicyclic amines) is 1. The summed E-state index contributed by atoms with van der Waals surface area (Å²) in [6.45, 7) is 4.86. The molecule has 1 unspecified atom stereocenters. The van der Waals surface area contributed by atoms with Crippen LogP contribution in [0, 0.1) is 0 Å². The van der Waals surface area contributed by atoms with E-state index in [9.17, 15) is 18.0 Å². The lowest BCUT2D eigenvalue weighted by Gasteiger charge is -2.33. The zero-order chi connectivity index (χ0) is 21.5. The van der Waals surface area contributed by atoms with Gasteiger partial charge < -0.3 is 10.2 Å². The molecule has 30 heavy (non-hydrogen) atoms. The van der Waals surface area contributed by atoms with Gasteiger partial charge in [0.25, 0.3) is 0 Å². The Morgan fingerprint density at radius 1 is 1.20 bits per heavy atom. The molecular weight excluding hydrogens is 393 g/mol. The highest BCUT2D eigenvalue weighted by Crippen LogP contribution is 2.41. The smallest absolute Gasteiger partial charge is 0.368 e. The summed E-state index contributed by atoms with van der Waals surface area (Å²) in [7, 11) is 0. The number of benzene rings is 1. The van der Waals surface area contributed by atoms with E-state index in [-0.39, 0.29) is 30.2 Å². The topological polar surface area (TPSA) is 50.2 Å². The number of carbonyl (C=O) groups excluding carboxylic acids is 1. The monoisotopic (exact) mass is 420 g/mol. The molecule has 1 N–H and O–H groups in total. The van der Waals surface area contributed by atoms with Crippen LogP contribution in [0.1, 0.15) is 62.2 Å². The molecule has 1 amide bonds. The fourth-order valence-electron chi connectivity index (χ4n) is 4.53. The number of nitrogens with zero attached hydrogens (tertiary/aromatic N) is 3. The van der Waals surface area contributed by atoms with E-state index in [0.29, 0.717) is 37.4 Å². The highest BCUT2D eigenvalue weighted by atomic mass is 19.4. The molecule has 2 aliphatic heterocycles. The second kappa shape index (κ2) is 7.96. The quantitative estimate of drug-likeness (QED) is 0.783. The normalized spacial score (nSPS) is 23.6. The Kier molecular flexibility index (Phi) is 5.51. The molecule has 0 saturated carbocycles. The Balaban J connectivity index is 1.43. The van der Waals surface area contributed by atoms with Crippen LogP contribution in [0.15, 0.2) is 36.4 Å². The molecule has 2 aromatic rings.